The smallest absolute Gasteiger partial charge is 0.340 e. The van der Waals surface area contributed by atoms with Crippen molar-refractivity contribution in [3.05, 3.63) is 54.2 Å². The van der Waals surface area contributed by atoms with E-state index < -0.39 is 10.1 Å². The summed E-state index contributed by atoms with van der Waals surface area (Å²) in [6.45, 7) is 0. The number of benzene rings is 1. The van der Waals surface area contributed by atoms with E-state index in [9.17, 15) is 13.2 Å². The second-order valence-electron chi connectivity index (χ2n) is 3.80. The van der Waals surface area contributed by atoms with Crippen molar-refractivity contribution < 1.29 is 17.4 Å². The fourth-order valence-corrected chi connectivity index (χ4v) is 2.11. The number of pyridine rings is 1. The Balaban J connectivity index is 1.94. The highest BCUT2D eigenvalue weighted by Gasteiger charge is 2.12. The summed E-state index contributed by atoms with van der Waals surface area (Å²) in [5.41, 5.74) is 2.90. The molecule has 1 N–H and O–H groups in total. The van der Waals surface area contributed by atoms with Crippen LogP contribution in [0.1, 0.15) is 10.4 Å². The van der Waals surface area contributed by atoms with Crippen LogP contribution in [-0.2, 0) is 14.3 Å². The topological polar surface area (TPSA) is 97.7 Å². The summed E-state index contributed by atoms with van der Waals surface area (Å²) in [6, 6.07) is 10.8. The number of nitrogens with one attached hydrogen (secondary N) is 1. The Bertz CT molecular complexity index is 728. The van der Waals surface area contributed by atoms with Crippen molar-refractivity contribution in [3.63, 3.8) is 0 Å². The lowest BCUT2D eigenvalue weighted by Gasteiger charge is -2.02. The number of carbonyl (C=O) groups is 1. The van der Waals surface area contributed by atoms with Gasteiger partial charge in [0.15, 0.2) is 6.29 Å². The maximum absolute atomic E-state index is 11.7. The molecule has 7 nitrogen and oxygen atoms in total. The molecule has 0 fully saturated rings. The van der Waals surface area contributed by atoms with Gasteiger partial charge in [-0.1, -0.05) is 18.2 Å². The number of hydrazone groups is 1. The van der Waals surface area contributed by atoms with Crippen LogP contribution >= 0.6 is 0 Å². The lowest BCUT2D eigenvalue weighted by atomic mass is 10.3. The maximum Gasteiger partial charge on any atom is 0.340 e. The Morgan fingerprint density at radius 1 is 1.14 bits per heavy atom. The van der Waals surface area contributed by atoms with Crippen molar-refractivity contribution >= 4 is 28.6 Å². The highest BCUT2D eigenvalue weighted by atomic mass is 32.2. The standard InChI is InChI=1S/C13H11N3O4S/c17-9-11-6-7-13(14-8-11)16-15-10-20-21(18,19)12-4-2-1-3-5-12/h1-10H,(H,14,16). The molecule has 0 bridgehead atoms. The number of aromatic nitrogens is 1. The van der Waals surface area contributed by atoms with Crippen LogP contribution in [0.15, 0.2) is 58.7 Å². The van der Waals surface area contributed by atoms with E-state index in [1.165, 1.54) is 24.4 Å². The Morgan fingerprint density at radius 3 is 2.52 bits per heavy atom. The molecule has 8 heteroatoms. The summed E-state index contributed by atoms with van der Waals surface area (Å²) in [7, 11) is -3.88. The van der Waals surface area contributed by atoms with Gasteiger partial charge in [0.2, 0.25) is 6.40 Å². The molecule has 0 amide bonds. The van der Waals surface area contributed by atoms with Crippen LogP contribution in [0, 0.1) is 0 Å². The van der Waals surface area contributed by atoms with Crippen LogP contribution in [0.4, 0.5) is 5.82 Å². The normalized spacial score (nSPS) is 11.2. The molecule has 21 heavy (non-hydrogen) atoms. The van der Waals surface area contributed by atoms with E-state index in [0.717, 1.165) is 6.40 Å². The van der Waals surface area contributed by atoms with E-state index in [0.29, 0.717) is 17.7 Å². The van der Waals surface area contributed by atoms with Crippen molar-refractivity contribution in [2.75, 3.05) is 5.43 Å². The average Bonchev–Trinajstić information content (AvgIpc) is 2.53. The number of aldehydes is 1. The van der Waals surface area contributed by atoms with Gasteiger partial charge < -0.3 is 4.18 Å². The second-order valence-corrected chi connectivity index (χ2v) is 5.38. The molecule has 0 aliphatic carbocycles. The van der Waals surface area contributed by atoms with Gasteiger partial charge in [-0.2, -0.15) is 8.42 Å². The summed E-state index contributed by atoms with van der Waals surface area (Å²) in [5, 5.41) is 3.58. The zero-order chi connectivity index (χ0) is 15.1. The first-order valence-corrected chi connectivity index (χ1v) is 7.20. The van der Waals surface area contributed by atoms with Crippen LogP contribution in [0.2, 0.25) is 0 Å². The molecule has 0 atom stereocenters. The zero-order valence-corrected chi connectivity index (χ0v) is 11.5. The minimum absolute atomic E-state index is 0.0323. The molecular formula is C13H11N3O4S. The first kappa shape index (κ1) is 14.7. The maximum atomic E-state index is 11.7. The quantitative estimate of drug-likeness (QED) is 0.286. The molecule has 0 aliphatic rings. The fraction of sp³-hybridized carbons (Fsp3) is 0. The second kappa shape index (κ2) is 6.62. The molecule has 0 radical (unpaired) electrons. The third kappa shape index (κ3) is 4.11. The van der Waals surface area contributed by atoms with E-state index in [1.807, 2.05) is 0 Å². The van der Waals surface area contributed by atoms with Gasteiger partial charge in [0.25, 0.3) is 0 Å². The van der Waals surface area contributed by atoms with Crippen molar-refractivity contribution in [1.29, 1.82) is 0 Å². The number of anilines is 1. The summed E-state index contributed by atoms with van der Waals surface area (Å²) >= 11 is 0. The molecule has 108 valence electrons. The minimum atomic E-state index is -3.88. The number of nitrogens with zero attached hydrogens (tertiary/aromatic N) is 2. The van der Waals surface area contributed by atoms with E-state index in [2.05, 4.69) is 19.7 Å². The van der Waals surface area contributed by atoms with E-state index in [4.69, 9.17) is 0 Å². The largest absolute Gasteiger partial charge is 0.365 e. The predicted molar refractivity (Wildman–Crippen MR) is 76.5 cm³/mol. The summed E-state index contributed by atoms with van der Waals surface area (Å²) in [4.78, 5) is 14.4. The molecule has 2 rings (SSSR count). The van der Waals surface area contributed by atoms with Crippen molar-refractivity contribution in [2.45, 2.75) is 4.90 Å². The Kier molecular flexibility index (Phi) is 4.62. The molecule has 2 aromatic rings. The van der Waals surface area contributed by atoms with Crippen LogP contribution in [0.5, 0.6) is 0 Å². The lowest BCUT2D eigenvalue weighted by molar-refractivity contribution is 0.112. The molecule has 0 unspecified atom stereocenters. The number of rotatable bonds is 6. The summed E-state index contributed by atoms with van der Waals surface area (Å²) < 4.78 is 28.1. The van der Waals surface area contributed by atoms with Crippen LogP contribution < -0.4 is 5.43 Å². The highest BCUT2D eigenvalue weighted by molar-refractivity contribution is 7.87. The Labute approximate surface area is 121 Å². The third-order valence-corrected chi connectivity index (χ3v) is 3.54. The van der Waals surface area contributed by atoms with Crippen LogP contribution in [0.3, 0.4) is 0 Å². The van der Waals surface area contributed by atoms with Gasteiger partial charge in [0.05, 0.1) is 0 Å². The van der Waals surface area contributed by atoms with E-state index in [-0.39, 0.29) is 4.90 Å². The molecule has 1 aromatic carbocycles. The summed E-state index contributed by atoms with van der Waals surface area (Å²) in [5.74, 6) is 0.345. The van der Waals surface area contributed by atoms with Gasteiger partial charge in [0, 0.05) is 11.8 Å². The lowest BCUT2D eigenvalue weighted by Crippen LogP contribution is -2.05. The number of hydrogen-bond acceptors (Lipinski definition) is 7. The first-order valence-electron chi connectivity index (χ1n) is 5.79. The van der Waals surface area contributed by atoms with Gasteiger partial charge in [-0.25, -0.2) is 4.98 Å². The van der Waals surface area contributed by atoms with Crippen molar-refractivity contribution in [3.8, 4) is 0 Å². The molecule has 0 spiro atoms. The van der Waals surface area contributed by atoms with Crippen LogP contribution in [-0.4, -0.2) is 26.1 Å². The van der Waals surface area contributed by atoms with E-state index in [1.54, 1.807) is 24.3 Å². The van der Waals surface area contributed by atoms with Gasteiger partial charge in [-0.05, 0) is 24.3 Å². The van der Waals surface area contributed by atoms with Gasteiger partial charge >= 0.3 is 10.1 Å². The van der Waals surface area contributed by atoms with Crippen molar-refractivity contribution in [2.24, 2.45) is 5.10 Å². The zero-order valence-electron chi connectivity index (χ0n) is 10.7. The highest BCUT2D eigenvalue weighted by Crippen LogP contribution is 2.10. The Morgan fingerprint density at radius 2 is 1.90 bits per heavy atom. The average molecular weight is 305 g/mol. The third-order valence-electron chi connectivity index (χ3n) is 2.36. The van der Waals surface area contributed by atoms with Crippen molar-refractivity contribution in [1.82, 2.24) is 4.98 Å². The molecule has 1 aromatic heterocycles. The molecule has 0 aliphatic heterocycles. The van der Waals surface area contributed by atoms with Crippen LogP contribution in [0.25, 0.3) is 0 Å². The molecule has 0 saturated carbocycles. The molecule has 1 heterocycles. The minimum Gasteiger partial charge on any atom is -0.365 e. The summed E-state index contributed by atoms with van der Waals surface area (Å²) in [6.07, 6.45) is 2.78. The van der Waals surface area contributed by atoms with Gasteiger partial charge in [0.1, 0.15) is 10.7 Å². The fourth-order valence-electron chi connectivity index (χ4n) is 1.35. The van der Waals surface area contributed by atoms with Gasteiger partial charge in [-0.15, -0.1) is 5.10 Å². The van der Waals surface area contributed by atoms with E-state index >= 15 is 0 Å². The molecule has 0 saturated heterocycles. The molecular weight excluding hydrogens is 294 g/mol. The monoisotopic (exact) mass is 305 g/mol. The Hall–Kier alpha value is -2.74. The first-order chi connectivity index (χ1) is 10.1. The number of hydrogen-bond donors (Lipinski definition) is 1. The predicted octanol–water partition coefficient (Wildman–Crippen LogP) is 1.65. The van der Waals surface area contributed by atoms with Gasteiger partial charge in [-0.3, -0.25) is 10.2 Å². The number of carbonyl (C=O) groups excluding carboxylic acids is 1. The SMILES string of the molecule is O=Cc1ccc(NN=COS(=O)(=O)c2ccccc2)nc1.